The van der Waals surface area contributed by atoms with Gasteiger partial charge in [0.15, 0.2) is 0 Å². The molecule has 2 aliphatic carbocycles. The number of amides is 2. The number of aromatic nitrogens is 1. The average Bonchev–Trinajstić information content (AvgIpc) is 2.95. The summed E-state index contributed by atoms with van der Waals surface area (Å²) >= 11 is 0. The zero-order valence-electron chi connectivity index (χ0n) is 22.6. The fourth-order valence-corrected chi connectivity index (χ4v) is 6.39. The van der Waals surface area contributed by atoms with Gasteiger partial charge in [-0.25, -0.2) is 4.79 Å². The number of aliphatic hydroxyl groups is 1. The third kappa shape index (κ3) is 7.00. The second-order valence-corrected chi connectivity index (χ2v) is 11.5. The number of nitrogens with one attached hydrogen (secondary N) is 2. The van der Waals surface area contributed by atoms with Crippen molar-refractivity contribution in [1.29, 1.82) is 0 Å². The van der Waals surface area contributed by atoms with Crippen LogP contribution in [0.3, 0.4) is 0 Å². The Morgan fingerprint density at radius 2 is 1.82 bits per heavy atom. The van der Waals surface area contributed by atoms with Gasteiger partial charge in [-0.15, -0.1) is 0 Å². The smallest absolute Gasteiger partial charge is 0.408 e. The largest absolute Gasteiger partial charge is 0.446 e. The lowest BCUT2D eigenvalue weighted by Crippen LogP contribution is -2.61. The lowest BCUT2D eigenvalue weighted by Gasteiger charge is -2.40. The highest BCUT2D eigenvalue weighted by atomic mass is 16.6. The van der Waals surface area contributed by atoms with Crippen molar-refractivity contribution in [1.82, 2.24) is 15.6 Å². The van der Waals surface area contributed by atoms with E-state index in [1.54, 1.807) is 13.1 Å². The summed E-state index contributed by atoms with van der Waals surface area (Å²) in [6.45, 7) is 1.51. The van der Waals surface area contributed by atoms with Gasteiger partial charge in [-0.3, -0.25) is 9.78 Å². The molecule has 0 saturated heterocycles. The number of aliphatic hydroxyl groups excluding tert-OH is 1. The maximum atomic E-state index is 13.9. The van der Waals surface area contributed by atoms with E-state index in [0.29, 0.717) is 12.3 Å². The summed E-state index contributed by atoms with van der Waals surface area (Å²) in [5.41, 5.74) is 1.42. The Kier molecular flexibility index (Phi) is 9.80. The Labute approximate surface area is 237 Å². The molecule has 7 nitrogen and oxygen atoms in total. The van der Waals surface area contributed by atoms with Gasteiger partial charge >= 0.3 is 6.09 Å². The number of hydrogen-bond donors (Lipinski definition) is 3. The minimum atomic E-state index is -1.31. The second kappa shape index (κ2) is 13.3. The molecule has 3 N–H and O–H groups in total. The highest BCUT2D eigenvalue weighted by Crippen LogP contribution is 2.41. The first-order valence-corrected chi connectivity index (χ1v) is 14.2. The molecule has 2 saturated carbocycles. The topological polar surface area (TPSA) is 101 Å². The molecule has 2 aromatic carbocycles. The zero-order valence-corrected chi connectivity index (χ0v) is 22.6. The van der Waals surface area contributed by atoms with E-state index in [-0.39, 0.29) is 32.5 Å². The van der Waals surface area contributed by atoms with Gasteiger partial charge in [-0.2, -0.15) is 0 Å². The number of fused-ring (bicyclic) bond motifs is 3. The van der Waals surface area contributed by atoms with Gasteiger partial charge in [0.2, 0.25) is 5.91 Å². The van der Waals surface area contributed by atoms with Crippen LogP contribution in [0.1, 0.15) is 64.0 Å². The third-order valence-electron chi connectivity index (χ3n) is 8.51. The zero-order chi connectivity index (χ0) is 27.2. The average molecular weight is 546 g/mol. The SMILES string of the molecule is C.CC(Cc1ccnc2ccccc12)(NC(=O)OC1CCC2CCCC1C2)C(=O)NC(CO)Cc1ccccc1. The highest BCUT2D eigenvalue weighted by molar-refractivity contribution is 5.91. The summed E-state index contributed by atoms with van der Waals surface area (Å²) < 4.78 is 5.98. The summed E-state index contributed by atoms with van der Waals surface area (Å²) in [4.78, 5) is 31.6. The first-order valence-electron chi connectivity index (χ1n) is 14.2. The summed E-state index contributed by atoms with van der Waals surface area (Å²) in [6, 6.07) is 18.9. The fourth-order valence-electron chi connectivity index (χ4n) is 6.39. The van der Waals surface area contributed by atoms with E-state index in [0.717, 1.165) is 53.6 Å². The van der Waals surface area contributed by atoms with E-state index in [4.69, 9.17) is 4.74 Å². The molecular formula is C33H43N3O4. The Morgan fingerprint density at radius 1 is 1.05 bits per heavy atom. The Bertz CT molecular complexity index is 1280. The number of para-hydroxylation sites is 1. The number of nitrogens with zero attached hydrogens (tertiary/aromatic N) is 1. The lowest BCUT2D eigenvalue weighted by molar-refractivity contribution is -0.128. The third-order valence-corrected chi connectivity index (χ3v) is 8.51. The van der Waals surface area contributed by atoms with Crippen molar-refractivity contribution in [2.24, 2.45) is 11.8 Å². The van der Waals surface area contributed by atoms with Crippen LogP contribution >= 0.6 is 0 Å². The summed E-state index contributed by atoms with van der Waals surface area (Å²) in [5, 5.41) is 16.9. The molecule has 0 aliphatic heterocycles. The predicted octanol–water partition coefficient (Wildman–Crippen LogP) is 5.59. The van der Waals surface area contributed by atoms with E-state index >= 15 is 0 Å². The standard InChI is InChI=1S/C32H39N3O4.CH4/c1-32(20-25-16-17-33-28-13-6-5-12-27(25)28,30(37)34-26(21-36)19-22-8-3-2-4-9-22)35-31(38)39-29-15-14-23-10-7-11-24(29)18-23;/h2-6,8-9,12-13,16-17,23-24,26,29,36H,7,10-11,14-15,18-21H2,1H3,(H,34,37)(H,35,38);1H4. The van der Waals surface area contributed by atoms with E-state index in [1.165, 1.54) is 12.8 Å². The van der Waals surface area contributed by atoms with Crippen LogP contribution < -0.4 is 10.6 Å². The van der Waals surface area contributed by atoms with Gasteiger partial charge in [-0.05, 0) is 74.1 Å². The summed E-state index contributed by atoms with van der Waals surface area (Å²) in [5.74, 6) is 0.788. The van der Waals surface area contributed by atoms with Crippen LogP contribution in [0.4, 0.5) is 4.79 Å². The molecule has 2 aliphatic rings. The van der Waals surface area contributed by atoms with Crippen LogP contribution in [0, 0.1) is 11.8 Å². The van der Waals surface area contributed by atoms with Crippen LogP contribution in [0.2, 0.25) is 0 Å². The number of rotatable bonds is 9. The summed E-state index contributed by atoms with van der Waals surface area (Å²) in [7, 11) is 0. The van der Waals surface area contributed by atoms with Gasteiger partial charge in [0.1, 0.15) is 11.6 Å². The number of carbonyl (C=O) groups is 2. The summed E-state index contributed by atoms with van der Waals surface area (Å²) in [6.07, 6.45) is 8.42. The number of carbonyl (C=O) groups excluding carboxylic acids is 2. The molecular weight excluding hydrogens is 502 g/mol. The first-order chi connectivity index (χ1) is 18.9. The monoisotopic (exact) mass is 545 g/mol. The van der Waals surface area contributed by atoms with Gasteiger partial charge < -0.3 is 20.5 Å². The number of hydrogen-bond acceptors (Lipinski definition) is 5. The molecule has 2 fully saturated rings. The predicted molar refractivity (Wildman–Crippen MR) is 158 cm³/mol. The van der Waals surface area contributed by atoms with E-state index in [2.05, 4.69) is 15.6 Å². The molecule has 1 heterocycles. The quantitative estimate of drug-likeness (QED) is 0.326. The number of benzene rings is 2. The molecule has 7 heteroatoms. The molecule has 5 rings (SSSR count). The van der Waals surface area contributed by atoms with Crippen molar-refractivity contribution < 1.29 is 19.4 Å². The maximum absolute atomic E-state index is 13.9. The van der Waals surface area contributed by atoms with Crippen LogP contribution in [0.15, 0.2) is 66.9 Å². The molecule has 2 bridgehead atoms. The fraction of sp³-hybridized carbons (Fsp3) is 0.485. The molecule has 40 heavy (non-hydrogen) atoms. The highest BCUT2D eigenvalue weighted by Gasteiger charge is 2.40. The molecule has 3 aromatic rings. The van der Waals surface area contributed by atoms with E-state index in [9.17, 15) is 14.7 Å². The van der Waals surface area contributed by atoms with Gasteiger partial charge in [0.25, 0.3) is 0 Å². The van der Waals surface area contributed by atoms with Crippen molar-refractivity contribution in [2.75, 3.05) is 6.61 Å². The molecule has 1 aromatic heterocycles. The van der Waals surface area contributed by atoms with Gasteiger partial charge in [-0.1, -0.05) is 68.8 Å². The second-order valence-electron chi connectivity index (χ2n) is 11.5. The number of ether oxygens (including phenoxy) is 1. The molecule has 0 spiro atoms. The Morgan fingerprint density at radius 3 is 2.62 bits per heavy atom. The van der Waals surface area contributed by atoms with Crippen molar-refractivity contribution >= 4 is 22.9 Å². The minimum Gasteiger partial charge on any atom is -0.446 e. The Hall–Kier alpha value is -3.45. The normalized spacial score (nSPS) is 22.3. The molecule has 0 radical (unpaired) electrons. The number of alkyl carbamates (subject to hydrolysis) is 1. The van der Waals surface area contributed by atoms with Crippen molar-refractivity contribution in [3.8, 4) is 0 Å². The van der Waals surface area contributed by atoms with Crippen molar-refractivity contribution in [3.63, 3.8) is 0 Å². The Balaban J connectivity index is 0.00000370. The van der Waals surface area contributed by atoms with Gasteiger partial charge in [0, 0.05) is 18.0 Å². The molecule has 5 atom stereocenters. The lowest BCUT2D eigenvalue weighted by atomic mass is 9.71. The number of pyridine rings is 1. The van der Waals surface area contributed by atoms with Crippen LogP contribution in [0.5, 0.6) is 0 Å². The first kappa shape index (κ1) is 29.5. The van der Waals surface area contributed by atoms with Crippen LogP contribution in [-0.4, -0.2) is 46.4 Å². The van der Waals surface area contributed by atoms with Gasteiger partial charge in [0.05, 0.1) is 18.2 Å². The molecule has 214 valence electrons. The maximum Gasteiger partial charge on any atom is 0.408 e. The minimum absolute atomic E-state index is 0. The molecule has 5 unspecified atom stereocenters. The van der Waals surface area contributed by atoms with E-state index in [1.807, 2.05) is 60.7 Å². The van der Waals surface area contributed by atoms with Crippen LogP contribution in [0.25, 0.3) is 10.9 Å². The van der Waals surface area contributed by atoms with Crippen molar-refractivity contribution in [3.05, 3.63) is 78.0 Å². The van der Waals surface area contributed by atoms with Crippen molar-refractivity contribution in [2.45, 2.75) is 83.4 Å². The van der Waals surface area contributed by atoms with Crippen LogP contribution in [-0.2, 0) is 22.4 Å². The molecule has 2 amide bonds. The van der Waals surface area contributed by atoms with E-state index < -0.39 is 17.7 Å².